The monoisotopic (exact) mass is 339 g/mol. The van der Waals surface area contributed by atoms with Crippen molar-refractivity contribution in [3.05, 3.63) is 53.5 Å². The summed E-state index contributed by atoms with van der Waals surface area (Å²) in [6.07, 6.45) is 2.63. The molecule has 1 aliphatic heterocycles. The number of benzene rings is 1. The largest absolute Gasteiger partial charge is 0.353 e. The van der Waals surface area contributed by atoms with Gasteiger partial charge in [-0.2, -0.15) is 0 Å². The predicted molar refractivity (Wildman–Crippen MR) is 98.8 cm³/mol. The Morgan fingerprint density at radius 3 is 2.68 bits per heavy atom. The Morgan fingerprint density at radius 2 is 1.96 bits per heavy atom. The van der Waals surface area contributed by atoms with Gasteiger partial charge in [0.2, 0.25) is 0 Å². The first-order chi connectivity index (χ1) is 12.1. The first kappa shape index (κ1) is 17.2. The minimum absolute atomic E-state index is 0.0196. The minimum Gasteiger partial charge on any atom is -0.353 e. The molecule has 1 fully saturated rings. The summed E-state index contributed by atoms with van der Waals surface area (Å²) in [6.45, 7) is 7.64. The molecule has 1 N–H and O–H groups in total. The van der Waals surface area contributed by atoms with Gasteiger partial charge >= 0.3 is 6.03 Å². The number of anilines is 1. The van der Waals surface area contributed by atoms with Crippen LogP contribution in [0.1, 0.15) is 17.0 Å². The highest BCUT2D eigenvalue weighted by atomic mass is 16.2. The van der Waals surface area contributed by atoms with Crippen molar-refractivity contribution in [2.45, 2.75) is 20.3 Å². The first-order valence-electron chi connectivity index (χ1n) is 8.75. The maximum atomic E-state index is 12.3. The van der Waals surface area contributed by atoms with E-state index in [1.165, 1.54) is 11.1 Å². The number of nitrogens with one attached hydrogen (secondary N) is 1. The van der Waals surface area contributed by atoms with Gasteiger partial charge in [-0.05, 0) is 31.9 Å². The van der Waals surface area contributed by atoms with Gasteiger partial charge in [-0.15, -0.1) is 0 Å². The van der Waals surface area contributed by atoms with Crippen LogP contribution >= 0.6 is 0 Å². The number of nitrogens with zero attached hydrogens (tertiary/aromatic N) is 4. The van der Waals surface area contributed by atoms with Gasteiger partial charge in [0.1, 0.15) is 11.6 Å². The van der Waals surface area contributed by atoms with Gasteiger partial charge in [-0.3, -0.25) is 0 Å². The van der Waals surface area contributed by atoms with E-state index in [1.54, 1.807) is 6.20 Å². The zero-order valence-electron chi connectivity index (χ0n) is 14.9. The Labute approximate surface area is 148 Å². The second-order valence-corrected chi connectivity index (χ2v) is 6.41. The quantitative estimate of drug-likeness (QED) is 0.927. The Hall–Kier alpha value is -2.63. The van der Waals surface area contributed by atoms with E-state index in [0.29, 0.717) is 19.6 Å². The van der Waals surface area contributed by atoms with Crippen molar-refractivity contribution in [1.82, 2.24) is 20.2 Å². The molecule has 0 bridgehead atoms. The van der Waals surface area contributed by atoms with Crippen molar-refractivity contribution >= 4 is 11.8 Å². The van der Waals surface area contributed by atoms with E-state index >= 15 is 0 Å². The van der Waals surface area contributed by atoms with E-state index in [4.69, 9.17) is 0 Å². The van der Waals surface area contributed by atoms with Crippen molar-refractivity contribution in [1.29, 1.82) is 0 Å². The summed E-state index contributed by atoms with van der Waals surface area (Å²) in [5.41, 5.74) is 2.50. The summed E-state index contributed by atoms with van der Waals surface area (Å²) in [4.78, 5) is 25.0. The summed E-state index contributed by atoms with van der Waals surface area (Å²) in [5.74, 6) is 1.71. The third kappa shape index (κ3) is 4.68. The Bertz CT molecular complexity index is 725. The maximum Gasteiger partial charge on any atom is 0.317 e. The van der Waals surface area contributed by atoms with Crippen LogP contribution in [0, 0.1) is 13.8 Å². The molecule has 6 heteroatoms. The molecule has 2 heterocycles. The summed E-state index contributed by atoms with van der Waals surface area (Å²) in [6, 6.07) is 10.3. The average Bonchev–Trinajstić information content (AvgIpc) is 2.62. The number of rotatable bonds is 4. The maximum absolute atomic E-state index is 12.3. The zero-order chi connectivity index (χ0) is 17.6. The second-order valence-electron chi connectivity index (χ2n) is 6.41. The molecule has 0 spiro atoms. The minimum atomic E-state index is 0.0196. The van der Waals surface area contributed by atoms with E-state index in [2.05, 4.69) is 51.4 Å². The molecule has 3 rings (SSSR count). The van der Waals surface area contributed by atoms with Crippen LogP contribution in [0.15, 0.2) is 36.5 Å². The lowest BCUT2D eigenvalue weighted by Gasteiger charge is -2.35. The van der Waals surface area contributed by atoms with Crippen molar-refractivity contribution in [2.75, 3.05) is 37.6 Å². The molecule has 1 aromatic carbocycles. The van der Waals surface area contributed by atoms with Crippen LogP contribution < -0.4 is 10.2 Å². The molecule has 2 aromatic rings. The molecule has 1 aliphatic rings. The molecule has 0 atom stereocenters. The van der Waals surface area contributed by atoms with Gasteiger partial charge in [0.25, 0.3) is 0 Å². The Morgan fingerprint density at radius 1 is 1.16 bits per heavy atom. The molecule has 1 aromatic heterocycles. The summed E-state index contributed by atoms with van der Waals surface area (Å²) < 4.78 is 0. The zero-order valence-corrected chi connectivity index (χ0v) is 14.9. The fraction of sp³-hybridized carbons (Fsp3) is 0.421. The van der Waals surface area contributed by atoms with Gasteiger partial charge in [0.05, 0.1) is 0 Å². The van der Waals surface area contributed by atoms with Crippen molar-refractivity contribution in [2.24, 2.45) is 0 Å². The van der Waals surface area contributed by atoms with Crippen molar-refractivity contribution < 1.29 is 4.79 Å². The van der Waals surface area contributed by atoms with Crippen LogP contribution in [0.5, 0.6) is 0 Å². The molecular weight excluding hydrogens is 314 g/mol. The summed E-state index contributed by atoms with van der Waals surface area (Å²) in [5, 5.41) is 3.03. The number of amides is 2. The van der Waals surface area contributed by atoms with E-state index < -0.39 is 0 Å². The summed E-state index contributed by atoms with van der Waals surface area (Å²) in [7, 11) is 0. The topological polar surface area (TPSA) is 61.4 Å². The smallest absolute Gasteiger partial charge is 0.317 e. The van der Waals surface area contributed by atoms with Gasteiger partial charge in [0, 0.05) is 38.9 Å². The number of aryl methyl sites for hydroxylation is 2. The van der Waals surface area contributed by atoms with Crippen LogP contribution in [0.25, 0.3) is 0 Å². The second kappa shape index (κ2) is 7.96. The van der Waals surface area contributed by atoms with Gasteiger partial charge in [-0.1, -0.05) is 29.8 Å². The highest BCUT2D eigenvalue weighted by Gasteiger charge is 2.21. The van der Waals surface area contributed by atoms with Gasteiger partial charge < -0.3 is 15.1 Å². The van der Waals surface area contributed by atoms with Crippen LogP contribution in [0.2, 0.25) is 0 Å². The number of carbonyl (C=O) groups excluding carboxylic acids is 1. The van der Waals surface area contributed by atoms with Crippen molar-refractivity contribution in [3.8, 4) is 0 Å². The number of carbonyl (C=O) groups is 1. The molecule has 1 saturated heterocycles. The first-order valence-corrected chi connectivity index (χ1v) is 8.75. The SMILES string of the molecule is Cc1cccc(CCNC(=O)N2CCN(c3ccnc(C)n3)CC2)c1. The predicted octanol–water partition coefficient (Wildman–Crippen LogP) is 2.17. The van der Waals surface area contributed by atoms with Crippen molar-refractivity contribution in [3.63, 3.8) is 0 Å². The lowest BCUT2D eigenvalue weighted by atomic mass is 10.1. The Balaban J connectivity index is 1.44. The van der Waals surface area contributed by atoms with E-state index in [1.807, 2.05) is 17.9 Å². The molecule has 132 valence electrons. The van der Waals surface area contributed by atoms with Crippen LogP contribution in [0.4, 0.5) is 10.6 Å². The number of hydrogen-bond donors (Lipinski definition) is 1. The molecule has 25 heavy (non-hydrogen) atoms. The average molecular weight is 339 g/mol. The van der Waals surface area contributed by atoms with E-state index in [0.717, 1.165) is 31.2 Å². The molecule has 0 saturated carbocycles. The molecule has 2 amide bonds. The van der Waals surface area contributed by atoms with Crippen LogP contribution in [-0.2, 0) is 6.42 Å². The number of hydrogen-bond acceptors (Lipinski definition) is 4. The van der Waals surface area contributed by atoms with Crippen LogP contribution in [-0.4, -0.2) is 53.6 Å². The molecule has 0 unspecified atom stereocenters. The molecule has 6 nitrogen and oxygen atoms in total. The normalized spacial score (nSPS) is 14.5. The summed E-state index contributed by atoms with van der Waals surface area (Å²) >= 11 is 0. The lowest BCUT2D eigenvalue weighted by Crippen LogP contribution is -2.52. The number of aromatic nitrogens is 2. The standard InChI is InChI=1S/C19H25N5O/c1-15-4-3-5-17(14-15)6-8-21-19(25)24-12-10-23(11-13-24)18-7-9-20-16(2)22-18/h3-5,7,9,14H,6,8,10-13H2,1-2H3,(H,21,25). The molecular formula is C19H25N5O. The molecule has 0 radical (unpaired) electrons. The van der Waals surface area contributed by atoms with E-state index in [-0.39, 0.29) is 6.03 Å². The highest BCUT2D eigenvalue weighted by Crippen LogP contribution is 2.13. The fourth-order valence-corrected chi connectivity index (χ4v) is 3.05. The number of piperazine rings is 1. The van der Waals surface area contributed by atoms with Gasteiger partial charge in [0.15, 0.2) is 0 Å². The number of urea groups is 1. The van der Waals surface area contributed by atoms with E-state index in [9.17, 15) is 4.79 Å². The molecule has 0 aliphatic carbocycles. The lowest BCUT2D eigenvalue weighted by molar-refractivity contribution is 0.194. The van der Waals surface area contributed by atoms with Crippen LogP contribution in [0.3, 0.4) is 0 Å². The highest BCUT2D eigenvalue weighted by molar-refractivity contribution is 5.74. The fourth-order valence-electron chi connectivity index (χ4n) is 3.05. The third-order valence-corrected chi connectivity index (χ3v) is 4.42. The van der Waals surface area contributed by atoms with Gasteiger partial charge in [-0.25, -0.2) is 14.8 Å². The Kier molecular flexibility index (Phi) is 5.48. The third-order valence-electron chi connectivity index (χ3n) is 4.42.